The van der Waals surface area contributed by atoms with Gasteiger partial charge in [-0.05, 0) is 55.7 Å². The first-order chi connectivity index (χ1) is 15.8. The van der Waals surface area contributed by atoms with Crippen molar-refractivity contribution >= 4 is 21.6 Å². The quantitative estimate of drug-likeness (QED) is 0.587. The molecule has 6 nitrogen and oxygen atoms in total. The summed E-state index contributed by atoms with van der Waals surface area (Å²) in [7, 11) is -4.19. The number of sulfonamides is 1. The molecule has 1 aliphatic heterocycles. The van der Waals surface area contributed by atoms with Crippen molar-refractivity contribution in [3.05, 3.63) is 57.6 Å². The van der Waals surface area contributed by atoms with E-state index in [2.05, 4.69) is 0 Å². The third-order valence-corrected chi connectivity index (χ3v) is 8.50. The highest BCUT2D eigenvalue weighted by atomic mass is 35.5. The maximum Gasteiger partial charge on any atom is 0.416 e. The lowest BCUT2D eigenvalue weighted by molar-refractivity contribution is -0.906. The number of hydrogen-bond donors (Lipinski definition) is 2. The molecule has 3 rings (SSSR count). The van der Waals surface area contributed by atoms with E-state index in [9.17, 15) is 26.7 Å². The van der Waals surface area contributed by atoms with Gasteiger partial charge in [-0.15, -0.1) is 0 Å². The zero-order valence-corrected chi connectivity index (χ0v) is 20.8. The molecule has 188 valence electrons. The molecular formula is C23H29ClF3N2O4S+. The predicted molar refractivity (Wildman–Crippen MR) is 123 cm³/mol. The van der Waals surface area contributed by atoms with Gasteiger partial charge in [-0.3, -0.25) is 0 Å². The summed E-state index contributed by atoms with van der Waals surface area (Å²) in [6.07, 6.45) is -5.43. The Balaban J connectivity index is 1.59. The van der Waals surface area contributed by atoms with Crippen LogP contribution in [-0.4, -0.2) is 63.3 Å². The smallest absolute Gasteiger partial charge is 0.416 e. The number of hydrogen-bond acceptors (Lipinski definition) is 4. The van der Waals surface area contributed by atoms with Crippen LogP contribution < -0.4 is 9.64 Å². The van der Waals surface area contributed by atoms with Crippen LogP contribution in [0.15, 0.2) is 35.2 Å². The Morgan fingerprint density at radius 3 is 2.35 bits per heavy atom. The van der Waals surface area contributed by atoms with Crippen molar-refractivity contribution in [3.63, 3.8) is 0 Å². The minimum atomic E-state index is -4.68. The maximum absolute atomic E-state index is 13.0. The summed E-state index contributed by atoms with van der Waals surface area (Å²) in [5.74, 6) is 0.753. The molecule has 2 aromatic carbocycles. The minimum Gasteiger partial charge on any atom is -0.490 e. The van der Waals surface area contributed by atoms with Gasteiger partial charge in [0.1, 0.15) is 29.9 Å². The molecule has 0 saturated carbocycles. The number of rotatable bonds is 7. The Morgan fingerprint density at radius 1 is 1.12 bits per heavy atom. The SMILES string of the molecule is Cc1ccc(C)c(OC[C@H](O)C[NH+]2CCN(S(=O)(=O)c3cc(C(F)(F)F)ccc3Cl)CC2)c1C. The highest BCUT2D eigenvalue weighted by molar-refractivity contribution is 7.89. The fourth-order valence-electron chi connectivity index (χ4n) is 3.98. The Kier molecular flexibility index (Phi) is 8.19. The van der Waals surface area contributed by atoms with Gasteiger partial charge in [0.2, 0.25) is 10.0 Å². The highest BCUT2D eigenvalue weighted by Crippen LogP contribution is 2.34. The van der Waals surface area contributed by atoms with Crippen molar-refractivity contribution in [2.24, 2.45) is 0 Å². The van der Waals surface area contributed by atoms with E-state index in [0.717, 1.165) is 43.8 Å². The summed E-state index contributed by atoms with van der Waals surface area (Å²) in [5.41, 5.74) is 2.03. The van der Waals surface area contributed by atoms with E-state index in [1.54, 1.807) is 0 Å². The Morgan fingerprint density at radius 2 is 1.74 bits per heavy atom. The molecule has 0 bridgehead atoms. The molecule has 11 heteroatoms. The van der Waals surface area contributed by atoms with Crippen LogP contribution >= 0.6 is 11.6 Å². The third kappa shape index (κ3) is 6.04. The molecule has 1 fully saturated rings. The molecule has 2 N–H and O–H groups in total. The molecule has 1 aliphatic rings. The summed E-state index contributed by atoms with van der Waals surface area (Å²) < 4.78 is 72.1. The monoisotopic (exact) mass is 521 g/mol. The second-order valence-corrected chi connectivity index (χ2v) is 10.9. The summed E-state index contributed by atoms with van der Waals surface area (Å²) in [6, 6.07) is 6.26. The number of ether oxygens (including phenoxy) is 1. The molecular weight excluding hydrogens is 493 g/mol. The fraction of sp³-hybridized carbons (Fsp3) is 0.478. The first-order valence-corrected chi connectivity index (χ1v) is 12.7. The van der Waals surface area contributed by atoms with Crippen LogP contribution in [0.4, 0.5) is 13.2 Å². The van der Waals surface area contributed by atoms with Crippen LogP contribution in [0.5, 0.6) is 5.75 Å². The van der Waals surface area contributed by atoms with E-state index < -0.39 is 32.8 Å². The summed E-state index contributed by atoms with van der Waals surface area (Å²) in [4.78, 5) is 0.431. The predicted octanol–water partition coefficient (Wildman–Crippen LogP) is 2.61. The molecule has 0 amide bonds. The zero-order chi connectivity index (χ0) is 25.3. The van der Waals surface area contributed by atoms with Crippen molar-refractivity contribution in [1.82, 2.24) is 4.31 Å². The number of piperazine rings is 1. The molecule has 0 spiro atoms. The molecule has 0 aliphatic carbocycles. The molecule has 2 aromatic rings. The van der Waals surface area contributed by atoms with Crippen molar-refractivity contribution in [1.29, 1.82) is 0 Å². The van der Waals surface area contributed by atoms with E-state index in [1.165, 1.54) is 0 Å². The Labute approximate surface area is 202 Å². The lowest BCUT2D eigenvalue weighted by Crippen LogP contribution is -3.15. The van der Waals surface area contributed by atoms with Crippen LogP contribution in [0.25, 0.3) is 0 Å². The van der Waals surface area contributed by atoms with E-state index in [1.807, 2.05) is 32.9 Å². The van der Waals surface area contributed by atoms with E-state index in [4.69, 9.17) is 16.3 Å². The number of halogens is 4. The zero-order valence-electron chi connectivity index (χ0n) is 19.2. The van der Waals surface area contributed by atoms with E-state index in [-0.39, 0.29) is 24.7 Å². The van der Waals surface area contributed by atoms with Crippen molar-refractivity contribution in [2.45, 2.75) is 37.9 Å². The van der Waals surface area contributed by atoms with Gasteiger partial charge < -0.3 is 14.7 Å². The van der Waals surface area contributed by atoms with Gasteiger partial charge >= 0.3 is 6.18 Å². The number of nitrogens with one attached hydrogen (secondary N) is 1. The van der Waals surface area contributed by atoms with Crippen molar-refractivity contribution in [3.8, 4) is 5.75 Å². The average Bonchev–Trinajstić information content (AvgIpc) is 2.76. The van der Waals surface area contributed by atoms with Gasteiger partial charge in [-0.2, -0.15) is 17.5 Å². The number of benzene rings is 2. The number of aliphatic hydroxyl groups is 1. The Bertz CT molecular complexity index is 1130. The third-order valence-electron chi connectivity index (χ3n) is 6.12. The first kappa shape index (κ1) is 26.7. The van der Waals surface area contributed by atoms with Crippen LogP contribution in [0.2, 0.25) is 5.02 Å². The standard InChI is InChI=1S/C23H28ClF3N2O4S/c1-15-4-5-16(2)22(17(15)3)33-14-19(30)13-28-8-10-29(11-9-28)34(31,32)21-12-18(23(25,26)27)6-7-20(21)24/h4-7,12,19,30H,8-11,13-14H2,1-3H3/p+1/t19-/m1/s1. The second-order valence-electron chi connectivity index (χ2n) is 8.62. The number of quaternary nitrogens is 1. The summed E-state index contributed by atoms with van der Waals surface area (Å²) >= 11 is 5.94. The van der Waals surface area contributed by atoms with Gasteiger partial charge in [0.15, 0.2) is 0 Å². The summed E-state index contributed by atoms with van der Waals surface area (Å²) in [5, 5.41) is 10.2. The molecule has 0 aromatic heterocycles. The van der Waals surface area contributed by atoms with Gasteiger partial charge in [-0.1, -0.05) is 23.7 Å². The normalized spacial score (nSPS) is 17.1. The van der Waals surface area contributed by atoms with Gasteiger partial charge in [-0.25, -0.2) is 8.42 Å². The van der Waals surface area contributed by atoms with Crippen molar-refractivity contribution in [2.75, 3.05) is 39.3 Å². The van der Waals surface area contributed by atoms with Crippen molar-refractivity contribution < 1.29 is 36.3 Å². The maximum atomic E-state index is 13.0. The molecule has 0 radical (unpaired) electrons. The number of aliphatic hydroxyl groups excluding tert-OH is 1. The number of aryl methyl sites for hydroxylation is 2. The van der Waals surface area contributed by atoms with Gasteiger partial charge in [0.25, 0.3) is 0 Å². The molecule has 0 unspecified atom stereocenters. The van der Waals surface area contributed by atoms with Crippen LogP contribution in [-0.2, 0) is 16.2 Å². The molecule has 1 heterocycles. The fourth-order valence-corrected chi connectivity index (χ4v) is 5.92. The lowest BCUT2D eigenvalue weighted by Gasteiger charge is -2.32. The van der Waals surface area contributed by atoms with Crippen LogP contribution in [0.3, 0.4) is 0 Å². The second kappa shape index (κ2) is 10.4. The number of nitrogens with zero attached hydrogens (tertiary/aromatic N) is 1. The van der Waals surface area contributed by atoms with Crippen LogP contribution in [0.1, 0.15) is 22.3 Å². The molecule has 1 atom stereocenters. The molecule has 34 heavy (non-hydrogen) atoms. The topological polar surface area (TPSA) is 71.3 Å². The van der Waals surface area contributed by atoms with Crippen LogP contribution in [0, 0.1) is 20.8 Å². The summed E-state index contributed by atoms with van der Waals surface area (Å²) in [6.45, 7) is 7.37. The highest BCUT2D eigenvalue weighted by Gasteiger charge is 2.36. The van der Waals surface area contributed by atoms with E-state index in [0.29, 0.717) is 25.7 Å². The van der Waals surface area contributed by atoms with Gasteiger partial charge in [0, 0.05) is 0 Å². The Hall–Kier alpha value is -1.85. The van der Waals surface area contributed by atoms with E-state index >= 15 is 0 Å². The minimum absolute atomic E-state index is 0.105. The largest absolute Gasteiger partial charge is 0.490 e. The van der Waals surface area contributed by atoms with Gasteiger partial charge in [0.05, 0.1) is 36.8 Å². The first-order valence-electron chi connectivity index (χ1n) is 10.9. The number of alkyl halides is 3. The molecule has 1 saturated heterocycles. The average molecular weight is 522 g/mol. The lowest BCUT2D eigenvalue weighted by atomic mass is 10.1.